The zero-order valence-electron chi connectivity index (χ0n) is 53.2. The first-order valence-electron chi connectivity index (χ1n) is 29.1. The Morgan fingerprint density at radius 3 is 0.181 bits per heavy atom. The van der Waals surface area contributed by atoms with E-state index < -0.39 is 64.6 Å². The van der Waals surface area contributed by atoms with E-state index >= 15 is 0 Å². The molecule has 1 rings (SSSR count). The highest BCUT2D eigenvalue weighted by Gasteiger charge is 2.49. The minimum absolute atomic E-state index is 0.357. The molecule has 0 aromatic heterocycles. The quantitative estimate of drug-likeness (QED) is 0.107. The molecule has 1 heterocycles. The fraction of sp³-hybridized carbons (Fsp3) is 0.750. The summed E-state index contributed by atoms with van der Waals surface area (Å²) in [6.45, 7) is 77.3. The molecule has 1 aliphatic rings. The summed E-state index contributed by atoms with van der Waals surface area (Å²) < 4.78 is 0. The van der Waals surface area contributed by atoms with Gasteiger partial charge >= 0.3 is 0 Å². The van der Waals surface area contributed by atoms with Gasteiger partial charge in [0.1, 0.15) is 0 Å². The van der Waals surface area contributed by atoms with Crippen LogP contribution in [0.3, 0.4) is 0 Å². The van der Waals surface area contributed by atoms with Crippen molar-refractivity contribution in [2.24, 2.45) is 0 Å². The van der Waals surface area contributed by atoms with Gasteiger partial charge in [0.05, 0.1) is 0 Å². The predicted octanol–water partition coefficient (Wildman–Crippen LogP) is 18.8. The molecule has 400 valence electrons. The fourth-order valence-electron chi connectivity index (χ4n) is 11.9. The molecule has 0 spiro atoms. The van der Waals surface area contributed by atoms with E-state index in [-0.39, 0.29) is 0 Å². The van der Waals surface area contributed by atoms with Crippen molar-refractivity contribution >= 4 is 64.6 Å². The molecule has 0 unspecified atom stereocenters. The third-order valence-electron chi connectivity index (χ3n) is 18.4. The summed E-state index contributed by atoms with van der Waals surface area (Å²) in [7, 11) is -20.8. The first kappa shape index (κ1) is 68.2. The van der Waals surface area contributed by atoms with Crippen LogP contribution in [0, 0.1) is 88.7 Å². The Hall–Kier alpha value is -1.78. The van der Waals surface area contributed by atoms with Crippen molar-refractivity contribution in [3.63, 3.8) is 0 Å². The summed E-state index contributed by atoms with van der Waals surface area (Å²) in [5, 5.41) is 0. The second kappa shape index (κ2) is 26.5. The summed E-state index contributed by atoms with van der Waals surface area (Å²) in [5.74, 6) is 0. The Morgan fingerprint density at radius 1 is 0.111 bits per heavy atom. The second-order valence-electron chi connectivity index (χ2n) is 27.4. The van der Waals surface area contributed by atoms with Gasteiger partial charge in [0, 0.05) is 0 Å². The molecule has 72 heavy (non-hydrogen) atoms. The van der Waals surface area contributed by atoms with Crippen LogP contribution in [-0.2, 0) is 0 Å². The highest BCUT2D eigenvalue weighted by molar-refractivity contribution is 7.07. The van der Waals surface area contributed by atoms with Crippen molar-refractivity contribution in [1.82, 2.24) is 0 Å². The van der Waals surface area contributed by atoms with E-state index in [4.69, 9.17) is 0 Å². The van der Waals surface area contributed by atoms with E-state index in [1.807, 2.05) is 0 Å². The maximum Gasteiger partial charge on any atom is 0.220 e. The van der Waals surface area contributed by atoms with Crippen LogP contribution in [0.5, 0.6) is 0 Å². The molecule has 0 nitrogen and oxygen atoms in total. The molecule has 0 aromatic rings. The SMILES string of the molecule is CC(C)[Si]1(C(C)C)C#C[Si](C(C)C)(C(C)C)C#C[Si](C(C)C)(C(C)C)C#C[Si](C(C)C)(C(C)C)C#C[Si](C(C)C)(C(C)C)C#C[Si](C(C)C)(C(C)C)C#C[Si](C(C)C)(C(C)C)C#C[Si](C(C)C)(C(C)C)C#C1. The Morgan fingerprint density at radius 2 is 0.153 bits per heavy atom. The van der Waals surface area contributed by atoms with Crippen LogP contribution < -0.4 is 0 Å². The van der Waals surface area contributed by atoms with E-state index in [1.54, 1.807) is 0 Å². The first-order chi connectivity index (χ1) is 32.8. The largest absolute Gasteiger partial charge is 0.220 e. The van der Waals surface area contributed by atoms with Gasteiger partial charge in [0.15, 0.2) is 0 Å². The molecule has 0 amide bonds. The van der Waals surface area contributed by atoms with E-state index in [2.05, 4.69) is 310 Å². The number of hydrogen-bond acceptors (Lipinski definition) is 0. The van der Waals surface area contributed by atoms with E-state index in [9.17, 15) is 0 Å². The molecule has 1 aliphatic heterocycles. The zero-order valence-corrected chi connectivity index (χ0v) is 61.2. The van der Waals surface area contributed by atoms with Gasteiger partial charge < -0.3 is 0 Å². The van der Waals surface area contributed by atoms with Crippen LogP contribution in [0.2, 0.25) is 88.7 Å². The molecule has 0 saturated carbocycles. The van der Waals surface area contributed by atoms with Crippen molar-refractivity contribution in [3.8, 4) is 88.7 Å². The van der Waals surface area contributed by atoms with E-state index in [0.29, 0.717) is 88.7 Å². The summed E-state index contributed by atoms with van der Waals surface area (Å²) in [6, 6.07) is 0. The minimum atomic E-state index is -2.59. The molecule has 0 radical (unpaired) electrons. The monoisotopic (exact) mass is 1100 g/mol. The van der Waals surface area contributed by atoms with Gasteiger partial charge in [-0.25, -0.2) is 0 Å². The van der Waals surface area contributed by atoms with Crippen LogP contribution >= 0.6 is 0 Å². The van der Waals surface area contributed by atoms with Gasteiger partial charge in [-0.15, -0.1) is 88.7 Å². The van der Waals surface area contributed by atoms with Crippen molar-refractivity contribution < 1.29 is 0 Å². The molecule has 0 N–H and O–H groups in total. The zero-order chi connectivity index (χ0) is 56.6. The van der Waals surface area contributed by atoms with Crippen LogP contribution in [-0.4, -0.2) is 64.6 Å². The smallest absolute Gasteiger partial charge is 0.121 e. The molecule has 0 aliphatic carbocycles. The maximum atomic E-state index is 4.29. The molecule has 0 saturated heterocycles. The van der Waals surface area contributed by atoms with Crippen LogP contribution in [0.15, 0.2) is 0 Å². The Labute approximate surface area is 460 Å². The fourth-order valence-corrected chi connectivity index (χ4v) is 45.5. The normalized spacial score (nSPS) is 19.8. The lowest BCUT2D eigenvalue weighted by Crippen LogP contribution is -2.47. The lowest BCUT2D eigenvalue weighted by Gasteiger charge is -2.36. The molecular weight excluding hydrogens is 993 g/mol. The Bertz CT molecular complexity index is 1710. The van der Waals surface area contributed by atoms with E-state index in [1.165, 1.54) is 0 Å². The van der Waals surface area contributed by atoms with Crippen molar-refractivity contribution in [2.45, 2.75) is 310 Å². The highest BCUT2D eigenvalue weighted by Crippen LogP contribution is 2.42. The second-order valence-corrected chi connectivity index (χ2v) is 63.8. The maximum absolute atomic E-state index is 4.29. The molecule has 0 fully saturated rings. The van der Waals surface area contributed by atoms with Crippen molar-refractivity contribution in [1.29, 1.82) is 0 Å². The number of rotatable bonds is 16. The van der Waals surface area contributed by atoms with Gasteiger partial charge in [-0.2, -0.15) is 0 Å². The molecular formula is C64H112Si8. The van der Waals surface area contributed by atoms with Gasteiger partial charge in [-0.1, -0.05) is 222 Å². The molecule has 0 aromatic carbocycles. The number of hydrogen-bond donors (Lipinski definition) is 0. The lowest BCUT2D eigenvalue weighted by molar-refractivity contribution is 0.926. The van der Waals surface area contributed by atoms with Crippen molar-refractivity contribution in [2.75, 3.05) is 0 Å². The van der Waals surface area contributed by atoms with Crippen LogP contribution in [0.25, 0.3) is 0 Å². The Kier molecular flexibility index (Phi) is 25.1. The van der Waals surface area contributed by atoms with E-state index in [0.717, 1.165) is 0 Å². The lowest BCUT2D eigenvalue weighted by atomic mass is 10.5. The summed E-state index contributed by atoms with van der Waals surface area (Å²) in [6.07, 6.45) is 0. The third-order valence-corrected chi connectivity index (χ3v) is 58.1. The van der Waals surface area contributed by atoms with Crippen LogP contribution in [0.1, 0.15) is 222 Å². The first-order valence-corrected chi connectivity index (χ1v) is 46.3. The average Bonchev–Trinajstić information content (AvgIpc) is 3.23. The standard InChI is InChI=1S/C64H112Si8/c1-49(2)65(50(3)4)33-35-66(51(5)6,52(7)8)37-39-68(55(13)14,56(15)16)41-43-70(59(21)22,60(23)24)45-47-72(63(29)30,64(31)32)48-46-71(61(25)26,62(27)28)44-42-69(57(17)18,58(19)20)40-38-67(36-34-65,53(9)10)54(11)12/h49-64H,1-32H3. The third kappa shape index (κ3) is 13.7. The van der Waals surface area contributed by atoms with Gasteiger partial charge in [0.2, 0.25) is 64.6 Å². The topological polar surface area (TPSA) is 0 Å². The molecule has 0 bridgehead atoms. The Balaban J connectivity index is 5.60. The van der Waals surface area contributed by atoms with Crippen LogP contribution in [0.4, 0.5) is 0 Å². The summed E-state index contributed by atoms with van der Waals surface area (Å²) >= 11 is 0. The summed E-state index contributed by atoms with van der Waals surface area (Å²) in [4.78, 5) is 0. The van der Waals surface area contributed by atoms with Crippen molar-refractivity contribution in [3.05, 3.63) is 0 Å². The minimum Gasteiger partial charge on any atom is -0.121 e. The molecule has 8 heteroatoms. The van der Waals surface area contributed by atoms with Gasteiger partial charge in [0.25, 0.3) is 0 Å². The summed E-state index contributed by atoms with van der Waals surface area (Å²) in [5.41, 5.74) is 74.3. The molecule has 0 atom stereocenters. The van der Waals surface area contributed by atoms with Gasteiger partial charge in [-0.3, -0.25) is 0 Å². The highest BCUT2D eigenvalue weighted by atomic mass is 28.3. The van der Waals surface area contributed by atoms with Gasteiger partial charge in [-0.05, 0) is 88.7 Å². The predicted molar refractivity (Wildman–Crippen MR) is 350 cm³/mol. The average molecular weight is 1110 g/mol.